The van der Waals surface area contributed by atoms with Crippen LogP contribution in [0.1, 0.15) is 104 Å². The topological polar surface area (TPSA) is 228 Å². The summed E-state index contributed by atoms with van der Waals surface area (Å²) >= 11 is 0. The molecule has 15 heteroatoms. The van der Waals surface area contributed by atoms with Gasteiger partial charge in [0.25, 0.3) is 0 Å². The molecule has 0 aromatic carbocycles. The van der Waals surface area contributed by atoms with E-state index in [9.17, 15) is 39.9 Å². The fraction of sp³-hybridized carbons (Fsp3) is 0.853. The molecule has 2 rings (SSSR count). The maximum Gasteiger partial charge on any atom is 0.303 e. The number of aliphatic hydroxyl groups excluding tert-OH is 5. The predicted molar refractivity (Wildman–Crippen MR) is 173 cm³/mol. The number of unbranched alkanes of at least 4 members (excludes halogenated alkanes) is 9. The molecule has 2 aliphatic rings. The van der Waals surface area contributed by atoms with E-state index in [4.69, 9.17) is 33.5 Å². The lowest BCUT2D eigenvalue weighted by molar-refractivity contribution is -0.371. The first kappa shape index (κ1) is 43.0. The van der Waals surface area contributed by atoms with Crippen LogP contribution in [0.25, 0.3) is 0 Å². The molecule has 0 aliphatic carbocycles. The minimum absolute atomic E-state index is 0.245. The molecule has 2 heterocycles. The molecule has 0 aromatic heterocycles. The monoisotopic (exact) mass is 706 g/mol. The molecule has 6 N–H and O–H groups in total. The molecule has 1 unspecified atom stereocenters. The Morgan fingerprint density at radius 2 is 1.14 bits per heavy atom. The minimum Gasteiger partial charge on any atom is -0.481 e. The van der Waals surface area contributed by atoms with Gasteiger partial charge in [0.1, 0.15) is 62.0 Å². The molecule has 0 radical (unpaired) electrons. The Labute approximate surface area is 288 Å². The lowest BCUT2D eigenvalue weighted by Gasteiger charge is -2.46. The number of esters is 2. The second kappa shape index (κ2) is 23.3. The van der Waals surface area contributed by atoms with Crippen LogP contribution >= 0.6 is 0 Å². The van der Waals surface area contributed by atoms with Crippen LogP contribution in [0, 0.1) is 0 Å². The van der Waals surface area contributed by atoms with E-state index < -0.39 is 92.0 Å². The molecule has 49 heavy (non-hydrogen) atoms. The Bertz CT molecular complexity index is 993. The summed E-state index contributed by atoms with van der Waals surface area (Å²) in [4.78, 5) is 33.2. The number of aliphatic carboxylic acids is 1. The Hall–Kier alpha value is -2.21. The van der Waals surface area contributed by atoms with Gasteiger partial charge < -0.3 is 59.1 Å². The van der Waals surface area contributed by atoms with Crippen molar-refractivity contribution in [1.29, 1.82) is 0 Å². The van der Waals surface area contributed by atoms with Gasteiger partial charge in [-0.25, -0.2) is 0 Å². The number of hydrogen-bond acceptors (Lipinski definition) is 14. The van der Waals surface area contributed by atoms with Crippen molar-refractivity contribution in [2.75, 3.05) is 13.2 Å². The number of carboxylic acids is 1. The van der Waals surface area contributed by atoms with Gasteiger partial charge in [-0.05, 0) is 45.4 Å². The molecule has 0 amide bonds. The van der Waals surface area contributed by atoms with E-state index in [1.165, 1.54) is 6.92 Å². The van der Waals surface area contributed by atoms with E-state index in [0.29, 0.717) is 6.42 Å². The van der Waals surface area contributed by atoms with Gasteiger partial charge in [0, 0.05) is 20.3 Å². The zero-order chi connectivity index (χ0) is 36.3. The van der Waals surface area contributed by atoms with Gasteiger partial charge in [-0.2, -0.15) is 0 Å². The number of allylic oxidation sites excluding steroid dienone is 2. The van der Waals surface area contributed by atoms with Crippen molar-refractivity contribution in [2.24, 2.45) is 0 Å². The van der Waals surface area contributed by atoms with Gasteiger partial charge in [0.15, 0.2) is 12.6 Å². The number of carbonyl (C=O) groups is 3. The summed E-state index contributed by atoms with van der Waals surface area (Å²) < 4.78 is 33.3. The highest BCUT2D eigenvalue weighted by Gasteiger charge is 2.51. The predicted octanol–water partition coefficient (Wildman–Crippen LogP) is 1.87. The first-order chi connectivity index (χ1) is 23.3. The summed E-state index contributed by atoms with van der Waals surface area (Å²) in [6.07, 6.45) is 0.603. The maximum absolute atomic E-state index is 11.4. The van der Waals surface area contributed by atoms with Crippen molar-refractivity contribution in [3.63, 3.8) is 0 Å². The standard InChI is InChI=1S/C34H58O15/c1-21(17-15-13-11-9-7-5-4-6-8-10-12-14-16-18-26(37)38)46-34-32(30(42)28(40)25(48-34)20-45-23(3)36)49-33-31(43)29(41)27(39)24(47-33)19-44-22(2)35/h4-5,21,24-25,27-34,39-43H,6-20H2,1-3H3,(H,37,38)/t21?,24-,25-,27-,28-,29+,30+,31-,32-,33+,34-/m1/s1. The van der Waals surface area contributed by atoms with Crippen molar-refractivity contribution < 1.29 is 73.4 Å². The molecule has 0 bridgehead atoms. The molecule has 11 atom stereocenters. The second-order valence-electron chi connectivity index (χ2n) is 12.9. The van der Waals surface area contributed by atoms with Gasteiger partial charge in [0.2, 0.25) is 0 Å². The summed E-state index contributed by atoms with van der Waals surface area (Å²) in [7, 11) is 0. The fourth-order valence-electron chi connectivity index (χ4n) is 5.67. The smallest absolute Gasteiger partial charge is 0.303 e. The third kappa shape index (κ3) is 16.1. The summed E-state index contributed by atoms with van der Waals surface area (Å²) in [5, 5.41) is 61.7. The number of ether oxygens (including phenoxy) is 6. The van der Waals surface area contributed by atoms with Crippen LogP contribution in [0.15, 0.2) is 12.2 Å². The third-order valence-electron chi connectivity index (χ3n) is 8.53. The van der Waals surface area contributed by atoms with Crippen molar-refractivity contribution in [1.82, 2.24) is 0 Å². The molecular weight excluding hydrogens is 648 g/mol. The maximum atomic E-state index is 11.4. The lowest BCUT2D eigenvalue weighted by atomic mass is 9.97. The van der Waals surface area contributed by atoms with Crippen LogP contribution in [0.3, 0.4) is 0 Å². The lowest BCUT2D eigenvalue weighted by Crippen LogP contribution is -2.65. The largest absolute Gasteiger partial charge is 0.481 e. The Balaban J connectivity index is 1.85. The quantitative estimate of drug-likeness (QED) is 0.0506. The van der Waals surface area contributed by atoms with Crippen molar-refractivity contribution in [3.8, 4) is 0 Å². The number of carboxylic acid groups (broad SMARTS) is 1. The molecule has 0 spiro atoms. The molecule has 2 aliphatic heterocycles. The fourth-order valence-corrected chi connectivity index (χ4v) is 5.67. The minimum atomic E-state index is -1.78. The Kier molecular flexibility index (Phi) is 20.4. The van der Waals surface area contributed by atoms with Gasteiger partial charge in [0.05, 0.1) is 6.10 Å². The second-order valence-corrected chi connectivity index (χ2v) is 12.9. The highest BCUT2D eigenvalue weighted by molar-refractivity contribution is 5.66. The number of rotatable bonds is 23. The molecule has 15 nitrogen and oxygen atoms in total. The van der Waals surface area contributed by atoms with Crippen LogP contribution in [0.4, 0.5) is 0 Å². The van der Waals surface area contributed by atoms with E-state index in [1.807, 2.05) is 6.92 Å². The van der Waals surface area contributed by atoms with Crippen LogP contribution in [-0.2, 0) is 42.8 Å². The van der Waals surface area contributed by atoms with Crippen molar-refractivity contribution in [2.45, 2.75) is 172 Å². The van der Waals surface area contributed by atoms with Gasteiger partial charge >= 0.3 is 17.9 Å². The van der Waals surface area contributed by atoms with E-state index in [2.05, 4.69) is 12.2 Å². The van der Waals surface area contributed by atoms with Crippen LogP contribution < -0.4 is 0 Å². The molecule has 0 aromatic rings. The van der Waals surface area contributed by atoms with Crippen LogP contribution in [0.2, 0.25) is 0 Å². The van der Waals surface area contributed by atoms with Gasteiger partial charge in [-0.3, -0.25) is 14.4 Å². The molecule has 2 saturated heterocycles. The number of carbonyl (C=O) groups excluding carboxylic acids is 2. The SMILES string of the molecule is CC(=O)OC[C@H]1O[C@@H](O[C@H]2[C@H](OC(C)CCCCCCC=CCCCCCCCC(=O)O)O[C@H](COC(C)=O)[C@@H](O)[C@@H]2O)[C@H](O)[C@@H](O)[C@@H]1O. The summed E-state index contributed by atoms with van der Waals surface area (Å²) in [5.74, 6) is -2.00. The van der Waals surface area contributed by atoms with E-state index >= 15 is 0 Å². The van der Waals surface area contributed by atoms with E-state index in [1.54, 1.807) is 0 Å². The highest BCUT2D eigenvalue weighted by atomic mass is 16.8. The third-order valence-corrected chi connectivity index (χ3v) is 8.53. The van der Waals surface area contributed by atoms with Crippen LogP contribution in [-0.4, -0.2) is 129 Å². The zero-order valence-corrected chi connectivity index (χ0v) is 29.0. The van der Waals surface area contributed by atoms with Crippen molar-refractivity contribution >= 4 is 17.9 Å². The Morgan fingerprint density at radius 1 is 0.653 bits per heavy atom. The average molecular weight is 707 g/mol. The summed E-state index contributed by atoms with van der Waals surface area (Å²) in [6.45, 7) is 3.35. The van der Waals surface area contributed by atoms with E-state index in [-0.39, 0.29) is 13.0 Å². The van der Waals surface area contributed by atoms with Gasteiger partial charge in [-0.1, -0.05) is 50.7 Å². The molecule has 0 saturated carbocycles. The number of aliphatic hydroxyl groups is 5. The first-order valence-electron chi connectivity index (χ1n) is 17.5. The zero-order valence-electron chi connectivity index (χ0n) is 29.0. The van der Waals surface area contributed by atoms with E-state index in [0.717, 1.165) is 77.6 Å². The van der Waals surface area contributed by atoms with Gasteiger partial charge in [-0.15, -0.1) is 0 Å². The number of hydrogen-bond donors (Lipinski definition) is 6. The Morgan fingerprint density at radius 3 is 1.69 bits per heavy atom. The summed E-state index contributed by atoms with van der Waals surface area (Å²) in [5.41, 5.74) is 0. The highest BCUT2D eigenvalue weighted by Crippen LogP contribution is 2.31. The average Bonchev–Trinajstić information content (AvgIpc) is 3.04. The summed E-state index contributed by atoms with van der Waals surface area (Å²) in [6, 6.07) is 0. The molecule has 284 valence electrons. The molecular formula is C34H58O15. The normalized spacial score (nSPS) is 31.0. The van der Waals surface area contributed by atoms with Crippen molar-refractivity contribution in [3.05, 3.63) is 12.2 Å². The molecule has 2 fully saturated rings. The van der Waals surface area contributed by atoms with Crippen LogP contribution in [0.5, 0.6) is 0 Å². The first-order valence-corrected chi connectivity index (χ1v) is 17.5.